The molecule has 1 rings (SSSR count). The van der Waals surface area contributed by atoms with E-state index in [4.69, 9.17) is 9.84 Å². The number of nitrogens with zero attached hydrogens (tertiary/aromatic N) is 3. The number of hydroxylamine groups is 2. The summed E-state index contributed by atoms with van der Waals surface area (Å²) in [5, 5.41) is 18.6. The van der Waals surface area contributed by atoms with Crippen LogP contribution in [0, 0.1) is 5.92 Å². The van der Waals surface area contributed by atoms with E-state index < -0.39 is 0 Å². The maximum Gasteiger partial charge on any atom is 0.233 e. The van der Waals surface area contributed by atoms with Gasteiger partial charge in [0.15, 0.2) is 0 Å². The Morgan fingerprint density at radius 3 is 2.58 bits per heavy atom. The molecule has 1 fully saturated rings. The molecule has 1 atom stereocenters. The molecule has 0 saturated carbocycles. The van der Waals surface area contributed by atoms with Crippen LogP contribution in [-0.4, -0.2) is 96.6 Å². The van der Waals surface area contributed by atoms with Gasteiger partial charge in [-0.15, -0.1) is 0 Å². The monoisotopic (exact) mass is 345 g/mol. The highest BCUT2D eigenvalue weighted by atomic mass is 16.5. The molecule has 1 saturated heterocycles. The van der Waals surface area contributed by atoms with Crippen molar-refractivity contribution < 1.29 is 24.6 Å². The first-order chi connectivity index (χ1) is 11.6. The van der Waals surface area contributed by atoms with E-state index in [1.807, 2.05) is 4.90 Å². The SMILES string of the molecule is CCCCC(CN(O)C=O)C(=O)N1CCN(CCOCCO)CC1. The lowest BCUT2D eigenvalue weighted by Crippen LogP contribution is -2.52. The first-order valence-corrected chi connectivity index (χ1v) is 8.72. The second-order valence-corrected chi connectivity index (χ2v) is 6.07. The fourth-order valence-electron chi connectivity index (χ4n) is 2.82. The van der Waals surface area contributed by atoms with Crippen LogP contribution in [0.25, 0.3) is 0 Å². The maximum absolute atomic E-state index is 12.7. The van der Waals surface area contributed by atoms with E-state index in [-0.39, 0.29) is 25.0 Å². The zero-order valence-electron chi connectivity index (χ0n) is 14.6. The van der Waals surface area contributed by atoms with Gasteiger partial charge in [-0.25, -0.2) is 5.06 Å². The van der Waals surface area contributed by atoms with Gasteiger partial charge in [0, 0.05) is 32.7 Å². The third kappa shape index (κ3) is 7.57. The quantitative estimate of drug-likeness (QED) is 0.220. The minimum absolute atomic E-state index is 0.0144. The highest BCUT2D eigenvalue weighted by Gasteiger charge is 2.28. The van der Waals surface area contributed by atoms with Crippen molar-refractivity contribution in [3.63, 3.8) is 0 Å². The number of aliphatic hydroxyl groups is 1. The van der Waals surface area contributed by atoms with E-state index >= 15 is 0 Å². The Hall–Kier alpha value is -1.22. The van der Waals surface area contributed by atoms with Crippen molar-refractivity contribution in [2.75, 3.05) is 59.1 Å². The number of unbranched alkanes of at least 4 members (excludes halogenated alkanes) is 1. The molecule has 0 aromatic rings. The minimum atomic E-state index is -0.348. The molecule has 2 N–H and O–H groups in total. The summed E-state index contributed by atoms with van der Waals surface area (Å²) in [6, 6.07) is 0. The number of ether oxygens (including phenoxy) is 1. The number of aliphatic hydroxyl groups excluding tert-OH is 1. The molecule has 2 amide bonds. The van der Waals surface area contributed by atoms with Crippen molar-refractivity contribution in [2.45, 2.75) is 26.2 Å². The first kappa shape index (κ1) is 20.8. The number of carbonyl (C=O) groups is 2. The van der Waals surface area contributed by atoms with Crippen LogP contribution < -0.4 is 0 Å². The maximum atomic E-state index is 12.7. The lowest BCUT2D eigenvalue weighted by molar-refractivity contribution is -0.157. The van der Waals surface area contributed by atoms with Crippen molar-refractivity contribution in [1.82, 2.24) is 14.9 Å². The highest BCUT2D eigenvalue weighted by molar-refractivity contribution is 5.79. The van der Waals surface area contributed by atoms with Gasteiger partial charge in [0.2, 0.25) is 12.3 Å². The van der Waals surface area contributed by atoms with E-state index in [0.717, 1.165) is 32.5 Å². The fourth-order valence-corrected chi connectivity index (χ4v) is 2.82. The molecule has 1 unspecified atom stereocenters. The molecule has 1 aliphatic rings. The molecule has 0 aliphatic carbocycles. The van der Waals surface area contributed by atoms with Gasteiger partial charge in [0.25, 0.3) is 0 Å². The third-order valence-corrected chi connectivity index (χ3v) is 4.26. The van der Waals surface area contributed by atoms with Crippen LogP contribution in [0.2, 0.25) is 0 Å². The van der Waals surface area contributed by atoms with Crippen LogP contribution in [0.15, 0.2) is 0 Å². The number of carbonyl (C=O) groups excluding carboxylic acids is 2. The number of amides is 2. The van der Waals surface area contributed by atoms with Gasteiger partial charge in [-0.1, -0.05) is 19.8 Å². The molecular weight excluding hydrogens is 314 g/mol. The zero-order valence-corrected chi connectivity index (χ0v) is 14.6. The van der Waals surface area contributed by atoms with Crippen LogP contribution in [0.1, 0.15) is 26.2 Å². The average Bonchev–Trinajstić information content (AvgIpc) is 2.62. The Morgan fingerprint density at radius 1 is 1.29 bits per heavy atom. The van der Waals surface area contributed by atoms with Crippen molar-refractivity contribution in [1.29, 1.82) is 0 Å². The van der Waals surface area contributed by atoms with E-state index in [9.17, 15) is 14.8 Å². The van der Waals surface area contributed by atoms with Crippen LogP contribution in [0.5, 0.6) is 0 Å². The Bertz CT molecular complexity index is 362. The summed E-state index contributed by atoms with van der Waals surface area (Å²) in [6.45, 7) is 6.71. The second-order valence-electron chi connectivity index (χ2n) is 6.07. The lowest BCUT2D eigenvalue weighted by atomic mass is 10.00. The van der Waals surface area contributed by atoms with Gasteiger partial charge < -0.3 is 14.7 Å². The van der Waals surface area contributed by atoms with Gasteiger partial charge in [-0.05, 0) is 6.42 Å². The van der Waals surface area contributed by atoms with Gasteiger partial charge in [-0.2, -0.15) is 0 Å². The molecule has 8 nitrogen and oxygen atoms in total. The van der Waals surface area contributed by atoms with Crippen molar-refractivity contribution in [3.8, 4) is 0 Å². The predicted molar refractivity (Wildman–Crippen MR) is 88.5 cm³/mol. The standard InChI is InChI=1S/C16H31N3O5/c1-2-3-4-15(13-19(23)14-21)16(22)18-7-5-17(6-8-18)9-11-24-12-10-20/h14-15,20,23H,2-13H2,1H3. The summed E-state index contributed by atoms with van der Waals surface area (Å²) in [5.41, 5.74) is 0. The number of piperazine rings is 1. The topological polar surface area (TPSA) is 93.6 Å². The summed E-state index contributed by atoms with van der Waals surface area (Å²) in [7, 11) is 0. The fraction of sp³-hybridized carbons (Fsp3) is 0.875. The first-order valence-electron chi connectivity index (χ1n) is 8.72. The molecule has 140 valence electrons. The largest absolute Gasteiger partial charge is 0.394 e. The summed E-state index contributed by atoms with van der Waals surface area (Å²) >= 11 is 0. The molecule has 0 radical (unpaired) electrons. The number of hydrogen-bond acceptors (Lipinski definition) is 6. The molecule has 0 aromatic heterocycles. The summed E-state index contributed by atoms with van der Waals surface area (Å²) in [5.74, 6) is -0.333. The molecule has 1 heterocycles. The van der Waals surface area contributed by atoms with Crippen molar-refractivity contribution in [3.05, 3.63) is 0 Å². The predicted octanol–water partition coefficient (Wildman–Crippen LogP) is -0.206. The highest BCUT2D eigenvalue weighted by Crippen LogP contribution is 2.15. The van der Waals surface area contributed by atoms with Gasteiger partial charge in [0.1, 0.15) is 0 Å². The number of rotatable bonds is 12. The minimum Gasteiger partial charge on any atom is -0.394 e. The molecule has 0 bridgehead atoms. The van der Waals surface area contributed by atoms with Crippen molar-refractivity contribution in [2.24, 2.45) is 5.92 Å². The molecule has 8 heteroatoms. The van der Waals surface area contributed by atoms with Gasteiger partial charge in [0.05, 0.1) is 32.3 Å². The Morgan fingerprint density at radius 2 is 2.00 bits per heavy atom. The van der Waals surface area contributed by atoms with Gasteiger partial charge >= 0.3 is 0 Å². The third-order valence-electron chi connectivity index (χ3n) is 4.26. The van der Waals surface area contributed by atoms with Crippen LogP contribution in [0.3, 0.4) is 0 Å². The Balaban J connectivity index is 2.41. The van der Waals surface area contributed by atoms with Crippen LogP contribution in [-0.2, 0) is 14.3 Å². The smallest absolute Gasteiger partial charge is 0.233 e. The molecule has 24 heavy (non-hydrogen) atoms. The number of hydrogen-bond donors (Lipinski definition) is 2. The molecular formula is C16H31N3O5. The zero-order chi connectivity index (χ0) is 17.8. The Labute approximate surface area is 143 Å². The summed E-state index contributed by atoms with van der Waals surface area (Å²) < 4.78 is 5.26. The molecule has 0 aromatic carbocycles. The molecule has 0 spiro atoms. The normalized spacial score (nSPS) is 16.9. The van der Waals surface area contributed by atoms with E-state index in [2.05, 4.69) is 11.8 Å². The molecule has 1 aliphatic heterocycles. The summed E-state index contributed by atoms with van der Waals surface area (Å²) in [4.78, 5) is 27.3. The van der Waals surface area contributed by atoms with Crippen LogP contribution in [0.4, 0.5) is 0 Å². The summed E-state index contributed by atoms with van der Waals surface area (Å²) in [6.07, 6.45) is 2.88. The van der Waals surface area contributed by atoms with Crippen LogP contribution >= 0.6 is 0 Å². The average molecular weight is 345 g/mol. The van der Waals surface area contributed by atoms with E-state index in [1.165, 1.54) is 0 Å². The van der Waals surface area contributed by atoms with Crippen molar-refractivity contribution >= 4 is 12.3 Å². The van der Waals surface area contributed by atoms with E-state index in [1.54, 1.807) is 0 Å². The van der Waals surface area contributed by atoms with E-state index in [0.29, 0.717) is 44.2 Å². The second kappa shape index (κ2) is 12.2. The Kier molecular flexibility index (Phi) is 10.6. The lowest BCUT2D eigenvalue weighted by Gasteiger charge is -2.36. The van der Waals surface area contributed by atoms with Gasteiger partial charge in [-0.3, -0.25) is 19.7 Å².